The van der Waals surface area contributed by atoms with Gasteiger partial charge in [-0.3, -0.25) is 38.6 Å². The van der Waals surface area contributed by atoms with Crippen molar-refractivity contribution in [3.8, 4) is 0 Å². The van der Waals surface area contributed by atoms with E-state index in [1.165, 1.54) is 0 Å². The highest BCUT2D eigenvalue weighted by Gasteiger charge is 2.32. The monoisotopic (exact) mass is 843 g/mol. The van der Waals surface area contributed by atoms with Gasteiger partial charge in [0.1, 0.15) is 30.2 Å². The first-order valence-corrected chi connectivity index (χ1v) is 19.7. The maximum atomic E-state index is 14.1. The Bertz CT molecular complexity index is 1930. The second-order valence-corrected chi connectivity index (χ2v) is 14.3. The van der Waals surface area contributed by atoms with Gasteiger partial charge < -0.3 is 59.1 Å². The molecule has 5 atom stereocenters. The van der Waals surface area contributed by atoms with E-state index in [1.54, 1.807) is 110 Å². The summed E-state index contributed by atoms with van der Waals surface area (Å²) >= 11 is 0. The number of carbonyl (C=O) groups is 7. The lowest BCUT2D eigenvalue weighted by atomic mass is 10.0. The number of nitrogens with two attached hydrogens (primary N) is 3. The maximum absolute atomic E-state index is 14.1. The van der Waals surface area contributed by atoms with Gasteiger partial charge in [-0.15, -0.1) is 0 Å². The van der Waals surface area contributed by atoms with E-state index in [9.17, 15) is 38.7 Å². The highest BCUT2D eigenvalue weighted by Crippen LogP contribution is 2.09. The van der Waals surface area contributed by atoms with Gasteiger partial charge in [-0.05, 0) is 29.5 Å². The molecule has 0 aliphatic rings. The Balaban J connectivity index is 1.85. The minimum absolute atomic E-state index is 0.0134. The van der Waals surface area contributed by atoms with Crippen LogP contribution in [0.25, 0.3) is 0 Å². The quantitative estimate of drug-likeness (QED) is 0.0252. The molecular formula is C42H57N11O8. The lowest BCUT2D eigenvalue weighted by Crippen LogP contribution is -2.60. The molecule has 3 rings (SSSR count). The van der Waals surface area contributed by atoms with Crippen LogP contribution in [0.5, 0.6) is 0 Å². The number of nitrogens with one attached hydrogen (secondary N) is 6. The molecule has 61 heavy (non-hydrogen) atoms. The Labute approximate surface area is 354 Å². The summed E-state index contributed by atoms with van der Waals surface area (Å²) < 4.78 is 0. The van der Waals surface area contributed by atoms with Gasteiger partial charge in [0.2, 0.25) is 41.4 Å². The van der Waals surface area contributed by atoms with Crippen molar-refractivity contribution in [2.24, 2.45) is 22.2 Å². The molecule has 0 bridgehead atoms. The van der Waals surface area contributed by atoms with Crippen molar-refractivity contribution in [1.82, 2.24) is 36.8 Å². The van der Waals surface area contributed by atoms with Crippen LogP contribution in [0.3, 0.4) is 0 Å². The van der Waals surface area contributed by atoms with Crippen LogP contribution < -0.4 is 49.1 Å². The first kappa shape index (κ1) is 48.5. The lowest BCUT2D eigenvalue weighted by Gasteiger charge is -2.27. The Morgan fingerprint density at radius 2 is 1.00 bits per heavy atom. The van der Waals surface area contributed by atoms with Crippen molar-refractivity contribution in [1.29, 1.82) is 0 Å². The summed E-state index contributed by atoms with van der Waals surface area (Å²) in [6.45, 7) is -1.52. The fourth-order valence-electron chi connectivity index (χ4n) is 5.87. The Kier molecular flexibility index (Phi) is 20.3. The van der Waals surface area contributed by atoms with E-state index >= 15 is 0 Å². The smallest absolute Gasteiger partial charge is 0.245 e. The van der Waals surface area contributed by atoms with Crippen LogP contribution in [-0.2, 0) is 52.8 Å². The average molecular weight is 844 g/mol. The van der Waals surface area contributed by atoms with E-state index in [-0.39, 0.29) is 51.2 Å². The highest BCUT2D eigenvalue weighted by molar-refractivity contribution is 5.97. The molecule has 328 valence electrons. The number of aliphatic hydroxyl groups is 1. The van der Waals surface area contributed by atoms with Crippen LogP contribution >= 0.6 is 0 Å². The normalized spacial score (nSPS) is 13.5. The van der Waals surface area contributed by atoms with Crippen LogP contribution in [0.15, 0.2) is 96.0 Å². The molecule has 0 saturated carbocycles. The number of aliphatic imine (C=N–C) groups is 1. The van der Waals surface area contributed by atoms with Gasteiger partial charge in [0.25, 0.3) is 0 Å². The lowest BCUT2D eigenvalue weighted by molar-refractivity contribution is -0.135. The van der Waals surface area contributed by atoms with Crippen LogP contribution in [0.4, 0.5) is 0 Å². The summed E-state index contributed by atoms with van der Waals surface area (Å²) in [5, 5.41) is 25.6. The number of aliphatic hydroxyl groups excluding tert-OH is 1. The number of nitrogens with zero attached hydrogens (tertiary/aromatic N) is 2. The van der Waals surface area contributed by atoms with Gasteiger partial charge in [0.15, 0.2) is 5.96 Å². The van der Waals surface area contributed by atoms with Gasteiger partial charge in [0, 0.05) is 39.9 Å². The number of rotatable bonds is 24. The summed E-state index contributed by atoms with van der Waals surface area (Å²) in [5.41, 5.74) is 18.9. The van der Waals surface area contributed by atoms with Crippen LogP contribution in [0.1, 0.15) is 29.5 Å². The average Bonchev–Trinajstić information content (AvgIpc) is 3.25. The number of amides is 7. The maximum Gasteiger partial charge on any atom is 0.245 e. The number of carbonyl (C=O) groups excluding carboxylic acids is 7. The molecule has 3 aromatic carbocycles. The zero-order valence-electron chi connectivity index (χ0n) is 34.3. The van der Waals surface area contributed by atoms with E-state index in [2.05, 4.69) is 36.9 Å². The van der Waals surface area contributed by atoms with Crippen molar-refractivity contribution in [2.75, 3.05) is 40.3 Å². The summed E-state index contributed by atoms with van der Waals surface area (Å²) in [7, 11) is 3.43. The first-order chi connectivity index (χ1) is 29.2. The molecule has 0 heterocycles. The molecule has 0 fully saturated rings. The van der Waals surface area contributed by atoms with E-state index in [0.29, 0.717) is 11.1 Å². The van der Waals surface area contributed by atoms with Crippen molar-refractivity contribution in [3.05, 3.63) is 108 Å². The third kappa shape index (κ3) is 17.5. The zero-order valence-corrected chi connectivity index (χ0v) is 34.3. The number of guanidine groups is 1. The molecule has 0 saturated heterocycles. The van der Waals surface area contributed by atoms with Crippen molar-refractivity contribution in [2.45, 2.75) is 62.3 Å². The molecule has 19 heteroatoms. The molecule has 0 spiro atoms. The molecule has 0 aromatic heterocycles. The Morgan fingerprint density at radius 1 is 0.590 bits per heavy atom. The predicted octanol–water partition coefficient (Wildman–Crippen LogP) is -2.65. The van der Waals surface area contributed by atoms with Gasteiger partial charge in [0.05, 0.1) is 19.7 Å². The van der Waals surface area contributed by atoms with Gasteiger partial charge in [-0.25, -0.2) is 0 Å². The van der Waals surface area contributed by atoms with E-state index in [4.69, 9.17) is 17.2 Å². The summed E-state index contributed by atoms with van der Waals surface area (Å²) in [6.07, 6.45) is 0.335. The molecule has 0 aliphatic heterocycles. The standard InChI is InChI=1S/C42H57N11O8/c1-53(2)42(45)46-20-12-19-30(38(58)50-31(37(44)57)21-27-13-6-3-7-14-27)49-40(60)33(23-29-17-10-5-11-18-29)51-41(61)34(26-54)52-39(59)32(22-28-15-8-4-9-16-28)48-36(56)25-47-35(55)24-43/h3-11,13-18,30-34,54H,12,19-26,43H2,1-2H3,(H2,44,57)(H2,45,46)(H,47,55)(H,48,56)(H,49,60)(H,50,58)(H,51,61)(H,52,59)/t30-,31-,32-,33-,34-/m0/s1. The largest absolute Gasteiger partial charge is 0.394 e. The molecule has 0 aliphatic carbocycles. The van der Waals surface area contributed by atoms with Crippen molar-refractivity contribution in [3.63, 3.8) is 0 Å². The van der Waals surface area contributed by atoms with E-state index in [0.717, 1.165) is 5.56 Å². The second-order valence-electron chi connectivity index (χ2n) is 14.3. The van der Waals surface area contributed by atoms with Crippen molar-refractivity contribution >= 4 is 47.3 Å². The number of hydrogen-bond acceptors (Lipinski definition) is 10. The SMILES string of the molecule is CN(C)C(N)=NCCC[C@H](NC(=O)[C@H](Cc1ccccc1)NC(=O)[C@H](CO)NC(=O)[C@H](Cc1ccccc1)NC(=O)CNC(=O)CN)C(=O)N[C@@H](Cc1ccccc1)C(N)=O. The number of benzene rings is 3. The summed E-state index contributed by atoms with van der Waals surface area (Å²) in [4.78, 5) is 98.1. The van der Waals surface area contributed by atoms with Gasteiger partial charge in [-0.2, -0.15) is 0 Å². The fraction of sp³-hybridized carbons (Fsp3) is 0.381. The molecule has 19 nitrogen and oxygen atoms in total. The van der Waals surface area contributed by atoms with Gasteiger partial charge in [-0.1, -0.05) is 91.0 Å². The molecule has 7 amide bonds. The molecule has 0 radical (unpaired) electrons. The number of primary amides is 1. The topological polar surface area (TPSA) is 306 Å². The molecular weight excluding hydrogens is 787 g/mol. The van der Waals surface area contributed by atoms with E-state index < -0.39 is 84.7 Å². The van der Waals surface area contributed by atoms with Crippen LogP contribution in [-0.4, -0.2) is 128 Å². The summed E-state index contributed by atoms with van der Waals surface area (Å²) in [5.74, 6) is -5.12. The summed E-state index contributed by atoms with van der Waals surface area (Å²) in [6, 6.07) is 19.7. The van der Waals surface area contributed by atoms with Crippen LogP contribution in [0, 0.1) is 0 Å². The minimum atomic E-state index is -1.60. The number of hydrogen-bond donors (Lipinski definition) is 10. The predicted molar refractivity (Wildman–Crippen MR) is 228 cm³/mol. The minimum Gasteiger partial charge on any atom is -0.394 e. The second kappa shape index (κ2) is 25.6. The Morgan fingerprint density at radius 3 is 1.46 bits per heavy atom. The molecule has 3 aromatic rings. The van der Waals surface area contributed by atoms with Gasteiger partial charge >= 0.3 is 0 Å². The first-order valence-electron chi connectivity index (χ1n) is 19.7. The van der Waals surface area contributed by atoms with E-state index in [1.807, 2.05) is 0 Å². The highest BCUT2D eigenvalue weighted by atomic mass is 16.3. The third-order valence-corrected chi connectivity index (χ3v) is 9.26. The molecule has 0 unspecified atom stereocenters. The van der Waals surface area contributed by atoms with Crippen molar-refractivity contribution < 1.29 is 38.7 Å². The Hall–Kier alpha value is -6.86. The third-order valence-electron chi connectivity index (χ3n) is 9.26. The zero-order chi connectivity index (χ0) is 44.7. The fourth-order valence-corrected chi connectivity index (χ4v) is 5.87. The van der Waals surface area contributed by atoms with Crippen LogP contribution in [0.2, 0.25) is 0 Å². The molecule has 13 N–H and O–H groups in total.